The molecular weight excluding hydrogens is 246 g/mol. The van der Waals surface area contributed by atoms with Crippen LogP contribution in [0.5, 0.6) is 0 Å². The lowest BCUT2D eigenvalue weighted by Crippen LogP contribution is -2.36. The Labute approximate surface area is 119 Å². The van der Waals surface area contributed by atoms with E-state index in [1.54, 1.807) is 6.21 Å². The van der Waals surface area contributed by atoms with Crippen molar-refractivity contribution in [3.05, 3.63) is 77.5 Å². The number of benzene rings is 2. The van der Waals surface area contributed by atoms with Gasteiger partial charge in [0.1, 0.15) is 0 Å². The van der Waals surface area contributed by atoms with Crippen LogP contribution in [-0.2, 0) is 6.42 Å². The summed E-state index contributed by atoms with van der Waals surface area (Å²) in [5.41, 5.74) is 7.87. The van der Waals surface area contributed by atoms with Crippen molar-refractivity contribution in [3.63, 3.8) is 0 Å². The molecule has 100 valence electrons. The van der Waals surface area contributed by atoms with Crippen LogP contribution in [-0.4, -0.2) is 6.21 Å². The predicted octanol–water partition coefficient (Wildman–Crippen LogP) is 3.43. The minimum Gasteiger partial charge on any atom is -0.244 e. The lowest BCUT2D eigenvalue weighted by Gasteiger charge is -2.28. The molecule has 0 bridgehead atoms. The lowest BCUT2D eigenvalue weighted by molar-refractivity contribution is 0.704. The molecule has 3 rings (SSSR count). The molecule has 0 spiro atoms. The predicted molar refractivity (Wildman–Crippen MR) is 83.5 cm³/mol. The first kappa shape index (κ1) is 12.5. The Balaban J connectivity index is 1.85. The molecular formula is C17H17N3. The molecule has 2 aromatic carbocycles. The van der Waals surface area contributed by atoms with Crippen LogP contribution in [0.3, 0.4) is 0 Å². The zero-order chi connectivity index (χ0) is 13.8. The number of hydrazone groups is 1. The van der Waals surface area contributed by atoms with Gasteiger partial charge in [0, 0.05) is 12.1 Å². The molecule has 3 nitrogen and oxygen atoms in total. The van der Waals surface area contributed by atoms with E-state index in [2.05, 4.69) is 66.1 Å². The second-order valence-electron chi connectivity index (χ2n) is 4.87. The van der Waals surface area contributed by atoms with Gasteiger partial charge in [-0.3, -0.25) is 0 Å². The summed E-state index contributed by atoms with van der Waals surface area (Å²) in [5.74, 6) is 0. The molecule has 1 aliphatic rings. The molecule has 0 aromatic heterocycles. The quantitative estimate of drug-likeness (QED) is 0.918. The smallest absolute Gasteiger partial charge is 0.0642 e. The van der Waals surface area contributed by atoms with Gasteiger partial charge in [-0.05, 0) is 30.7 Å². The zero-order valence-electron chi connectivity index (χ0n) is 11.5. The highest BCUT2D eigenvalue weighted by molar-refractivity contribution is 5.75. The van der Waals surface area contributed by atoms with Gasteiger partial charge in [0.05, 0.1) is 11.9 Å². The fraction of sp³-hybridized carbons (Fsp3) is 0.118. The van der Waals surface area contributed by atoms with Crippen molar-refractivity contribution >= 4 is 11.9 Å². The maximum absolute atomic E-state index is 4.12. The Hall–Kier alpha value is -2.55. The average Bonchev–Trinajstić information content (AvgIpc) is 2.50. The fourth-order valence-electron chi connectivity index (χ4n) is 2.21. The van der Waals surface area contributed by atoms with E-state index in [0.29, 0.717) is 0 Å². The van der Waals surface area contributed by atoms with E-state index in [4.69, 9.17) is 0 Å². The van der Waals surface area contributed by atoms with Crippen molar-refractivity contribution in [3.8, 4) is 0 Å². The molecule has 3 heteroatoms. The van der Waals surface area contributed by atoms with E-state index in [9.17, 15) is 0 Å². The summed E-state index contributed by atoms with van der Waals surface area (Å²) in [6.45, 7) is 2.09. The third-order valence-electron chi connectivity index (χ3n) is 3.31. The monoisotopic (exact) mass is 263 g/mol. The number of anilines is 1. The highest BCUT2D eigenvalue weighted by atomic mass is 15.7. The summed E-state index contributed by atoms with van der Waals surface area (Å²) in [6.07, 6.45) is 4.71. The van der Waals surface area contributed by atoms with Crippen LogP contribution in [0, 0.1) is 6.92 Å². The third kappa shape index (κ3) is 2.72. The summed E-state index contributed by atoms with van der Waals surface area (Å²) in [6, 6.07) is 18.9. The molecule has 20 heavy (non-hydrogen) atoms. The third-order valence-corrected chi connectivity index (χ3v) is 3.31. The normalized spacial score (nSPS) is 13.8. The number of hydrogen-bond donors (Lipinski definition) is 1. The first-order valence-electron chi connectivity index (χ1n) is 6.71. The molecule has 1 aliphatic heterocycles. The number of aryl methyl sites for hydroxylation is 1. The van der Waals surface area contributed by atoms with E-state index in [1.165, 1.54) is 16.8 Å². The Morgan fingerprint density at radius 3 is 2.50 bits per heavy atom. The Morgan fingerprint density at radius 2 is 1.75 bits per heavy atom. The summed E-state index contributed by atoms with van der Waals surface area (Å²) in [4.78, 5) is 0. The maximum atomic E-state index is 4.12. The molecule has 2 aromatic rings. The molecule has 1 heterocycles. The second kappa shape index (κ2) is 5.61. The van der Waals surface area contributed by atoms with E-state index in [-0.39, 0.29) is 0 Å². The summed E-state index contributed by atoms with van der Waals surface area (Å²) < 4.78 is 0. The molecule has 1 N–H and O–H groups in total. The SMILES string of the molecule is Cc1ccc(N2NN=CC=C2Cc2ccccc2)cc1. The summed E-state index contributed by atoms with van der Waals surface area (Å²) in [5, 5.41) is 6.14. The average molecular weight is 263 g/mol. The summed E-state index contributed by atoms with van der Waals surface area (Å²) in [7, 11) is 0. The molecule has 0 unspecified atom stereocenters. The van der Waals surface area contributed by atoms with Crippen LogP contribution in [0.15, 0.2) is 71.5 Å². The number of hydrogen-bond acceptors (Lipinski definition) is 3. The van der Waals surface area contributed by atoms with Crippen molar-refractivity contribution < 1.29 is 0 Å². The maximum Gasteiger partial charge on any atom is 0.0642 e. The van der Waals surface area contributed by atoms with Gasteiger partial charge in [0.25, 0.3) is 0 Å². The largest absolute Gasteiger partial charge is 0.244 e. The first-order chi connectivity index (χ1) is 9.83. The van der Waals surface area contributed by atoms with Crippen molar-refractivity contribution in [2.45, 2.75) is 13.3 Å². The molecule has 0 aliphatic carbocycles. The Kier molecular flexibility index (Phi) is 3.50. The topological polar surface area (TPSA) is 27.6 Å². The van der Waals surface area contributed by atoms with Gasteiger partial charge >= 0.3 is 0 Å². The lowest BCUT2D eigenvalue weighted by atomic mass is 10.1. The number of nitrogens with one attached hydrogen (secondary N) is 1. The standard InChI is InChI=1S/C17H17N3/c1-14-7-9-16(10-8-14)20-17(11-12-18-19-20)13-15-5-3-2-4-6-15/h2-12,19H,13H2,1H3. The molecule has 0 saturated heterocycles. The van der Waals surface area contributed by atoms with Crippen LogP contribution in [0.25, 0.3) is 0 Å². The zero-order valence-corrected chi connectivity index (χ0v) is 11.5. The van der Waals surface area contributed by atoms with Crippen molar-refractivity contribution in [1.29, 1.82) is 0 Å². The van der Waals surface area contributed by atoms with E-state index in [0.717, 1.165) is 12.1 Å². The van der Waals surface area contributed by atoms with Crippen molar-refractivity contribution in [2.24, 2.45) is 5.10 Å². The number of hydrazine groups is 1. The van der Waals surface area contributed by atoms with Gasteiger partial charge in [-0.25, -0.2) is 10.5 Å². The Bertz CT molecular complexity index is 627. The molecule has 0 fully saturated rings. The number of rotatable bonds is 3. The molecule has 0 saturated carbocycles. The van der Waals surface area contributed by atoms with Crippen LogP contribution < -0.4 is 10.5 Å². The van der Waals surface area contributed by atoms with E-state index >= 15 is 0 Å². The van der Waals surface area contributed by atoms with E-state index < -0.39 is 0 Å². The minimum absolute atomic E-state index is 0.869. The van der Waals surface area contributed by atoms with Crippen LogP contribution in [0.4, 0.5) is 5.69 Å². The minimum atomic E-state index is 0.869. The van der Waals surface area contributed by atoms with E-state index in [1.807, 2.05) is 17.2 Å². The van der Waals surface area contributed by atoms with Gasteiger partial charge in [-0.2, -0.15) is 5.10 Å². The Morgan fingerprint density at radius 1 is 1.00 bits per heavy atom. The molecule has 0 amide bonds. The van der Waals surface area contributed by atoms with Gasteiger partial charge < -0.3 is 0 Å². The number of allylic oxidation sites excluding steroid dienone is 2. The van der Waals surface area contributed by atoms with Gasteiger partial charge in [0.15, 0.2) is 0 Å². The van der Waals surface area contributed by atoms with Crippen molar-refractivity contribution in [1.82, 2.24) is 5.53 Å². The highest BCUT2D eigenvalue weighted by Gasteiger charge is 2.13. The van der Waals surface area contributed by atoms with Crippen LogP contribution in [0.1, 0.15) is 11.1 Å². The van der Waals surface area contributed by atoms with Crippen LogP contribution in [0.2, 0.25) is 0 Å². The highest BCUT2D eigenvalue weighted by Crippen LogP contribution is 2.21. The van der Waals surface area contributed by atoms with Gasteiger partial charge in [-0.15, -0.1) is 0 Å². The van der Waals surface area contributed by atoms with Gasteiger partial charge in [-0.1, -0.05) is 48.0 Å². The number of nitrogens with zero attached hydrogens (tertiary/aromatic N) is 2. The molecule has 0 radical (unpaired) electrons. The molecule has 0 atom stereocenters. The van der Waals surface area contributed by atoms with Gasteiger partial charge in [0.2, 0.25) is 0 Å². The first-order valence-corrected chi connectivity index (χ1v) is 6.71. The van der Waals surface area contributed by atoms with Crippen LogP contribution >= 0.6 is 0 Å². The fourth-order valence-corrected chi connectivity index (χ4v) is 2.21. The second-order valence-corrected chi connectivity index (χ2v) is 4.87. The summed E-state index contributed by atoms with van der Waals surface area (Å²) >= 11 is 0. The van der Waals surface area contributed by atoms with Crippen molar-refractivity contribution in [2.75, 3.05) is 5.01 Å².